The molecule has 0 unspecified atom stereocenters. The first-order valence-electron chi connectivity index (χ1n) is 9.44. The van der Waals surface area contributed by atoms with E-state index in [4.69, 9.17) is 0 Å². The number of hydrogen-bond donors (Lipinski definition) is 1. The Balaban J connectivity index is 1.49. The van der Waals surface area contributed by atoms with Gasteiger partial charge in [-0.15, -0.1) is 0 Å². The number of aromatic nitrogens is 1. The summed E-state index contributed by atoms with van der Waals surface area (Å²) >= 11 is 7.06. The smallest absolute Gasteiger partial charge is 0.261 e. The number of aliphatic hydroxyl groups excluding tert-OH is 1. The van der Waals surface area contributed by atoms with Gasteiger partial charge < -0.3 is 9.67 Å². The highest BCUT2D eigenvalue weighted by Gasteiger charge is 2.36. The van der Waals surface area contributed by atoms with Crippen molar-refractivity contribution < 1.29 is 14.7 Å². The van der Waals surface area contributed by atoms with Gasteiger partial charge in [0.25, 0.3) is 11.8 Å². The number of amides is 2. The van der Waals surface area contributed by atoms with Gasteiger partial charge in [-0.2, -0.15) is 0 Å². The zero-order valence-electron chi connectivity index (χ0n) is 15.7. The summed E-state index contributed by atoms with van der Waals surface area (Å²) in [4.78, 5) is 26.4. The molecule has 1 aliphatic heterocycles. The van der Waals surface area contributed by atoms with Crippen molar-refractivity contribution in [3.63, 3.8) is 0 Å². The van der Waals surface area contributed by atoms with E-state index in [1.54, 1.807) is 24.3 Å². The Morgan fingerprint density at radius 3 is 1.77 bits per heavy atom. The summed E-state index contributed by atoms with van der Waals surface area (Å²) in [6.07, 6.45) is -0.904. The minimum Gasteiger partial charge on any atom is -0.389 e. The van der Waals surface area contributed by atoms with Gasteiger partial charge in [0.2, 0.25) is 0 Å². The quantitative estimate of drug-likeness (QED) is 0.381. The van der Waals surface area contributed by atoms with Crippen molar-refractivity contribution in [1.29, 1.82) is 0 Å². The van der Waals surface area contributed by atoms with Gasteiger partial charge in [-0.05, 0) is 48.5 Å². The van der Waals surface area contributed by atoms with Crippen molar-refractivity contribution in [1.82, 2.24) is 9.47 Å². The zero-order valence-corrected chi connectivity index (χ0v) is 18.9. The maximum Gasteiger partial charge on any atom is 0.261 e. The molecule has 150 valence electrons. The number of imide groups is 1. The molecule has 0 fully saturated rings. The van der Waals surface area contributed by atoms with E-state index in [9.17, 15) is 14.7 Å². The van der Waals surface area contributed by atoms with Crippen LogP contribution in [0.25, 0.3) is 21.8 Å². The number of rotatable bonds is 4. The normalized spacial score (nSPS) is 14.7. The van der Waals surface area contributed by atoms with Crippen LogP contribution in [0.15, 0.2) is 69.6 Å². The maximum atomic E-state index is 12.6. The van der Waals surface area contributed by atoms with Crippen molar-refractivity contribution in [3.05, 3.63) is 80.7 Å². The highest BCUT2D eigenvalue weighted by Crippen LogP contribution is 2.33. The second-order valence-corrected chi connectivity index (χ2v) is 9.19. The zero-order chi connectivity index (χ0) is 21.0. The topological polar surface area (TPSA) is 62.5 Å². The molecule has 5 nitrogen and oxygen atoms in total. The summed E-state index contributed by atoms with van der Waals surface area (Å²) in [6, 6.07) is 18.8. The summed E-state index contributed by atoms with van der Waals surface area (Å²) in [5.74, 6) is -0.713. The lowest BCUT2D eigenvalue weighted by Crippen LogP contribution is -2.38. The van der Waals surface area contributed by atoms with Gasteiger partial charge >= 0.3 is 0 Å². The monoisotopic (exact) mass is 526 g/mol. The van der Waals surface area contributed by atoms with E-state index in [1.807, 2.05) is 28.8 Å². The third-order valence-corrected chi connectivity index (χ3v) is 6.44. The predicted octanol–water partition coefficient (Wildman–Crippen LogP) is 4.98. The summed E-state index contributed by atoms with van der Waals surface area (Å²) < 4.78 is 3.98. The Morgan fingerprint density at radius 2 is 1.27 bits per heavy atom. The van der Waals surface area contributed by atoms with E-state index in [2.05, 4.69) is 44.0 Å². The molecule has 30 heavy (non-hydrogen) atoms. The van der Waals surface area contributed by atoms with Crippen LogP contribution >= 0.6 is 31.9 Å². The Morgan fingerprint density at radius 1 is 0.767 bits per heavy atom. The first kappa shape index (κ1) is 19.5. The fourth-order valence-corrected chi connectivity index (χ4v) is 4.85. The molecule has 0 bridgehead atoms. The van der Waals surface area contributed by atoms with Gasteiger partial charge in [0.15, 0.2) is 0 Å². The van der Waals surface area contributed by atoms with Crippen molar-refractivity contribution in [2.24, 2.45) is 0 Å². The number of halogens is 2. The molecule has 2 amide bonds. The van der Waals surface area contributed by atoms with Gasteiger partial charge in [0, 0.05) is 30.8 Å². The number of carbonyl (C=O) groups is 2. The highest BCUT2D eigenvalue weighted by molar-refractivity contribution is 9.10. The number of fused-ring (bicyclic) bond motifs is 4. The Labute approximate surface area is 189 Å². The number of aliphatic hydroxyl groups is 1. The average molecular weight is 528 g/mol. The van der Waals surface area contributed by atoms with E-state index in [0.717, 1.165) is 35.7 Å². The fraction of sp³-hybridized carbons (Fsp3) is 0.130. The third-order valence-electron chi connectivity index (χ3n) is 5.45. The first-order valence-corrected chi connectivity index (χ1v) is 11.0. The summed E-state index contributed by atoms with van der Waals surface area (Å²) in [5.41, 5.74) is 2.74. The lowest BCUT2D eigenvalue weighted by Gasteiger charge is -2.20. The largest absolute Gasteiger partial charge is 0.389 e. The second kappa shape index (κ2) is 7.34. The molecule has 0 saturated heterocycles. The lowest BCUT2D eigenvalue weighted by molar-refractivity contribution is 0.0524. The molecular formula is C23H16Br2N2O3. The molecule has 1 aromatic heterocycles. The van der Waals surface area contributed by atoms with Gasteiger partial charge in [0.05, 0.1) is 30.3 Å². The highest BCUT2D eigenvalue weighted by atomic mass is 79.9. The van der Waals surface area contributed by atoms with Gasteiger partial charge in [-0.1, -0.05) is 44.0 Å². The van der Waals surface area contributed by atoms with Crippen molar-refractivity contribution in [2.75, 3.05) is 6.54 Å². The molecule has 0 spiro atoms. The maximum absolute atomic E-state index is 12.6. The van der Waals surface area contributed by atoms with Crippen LogP contribution in [0.4, 0.5) is 0 Å². The van der Waals surface area contributed by atoms with Crippen molar-refractivity contribution in [3.8, 4) is 0 Å². The van der Waals surface area contributed by atoms with E-state index in [0.29, 0.717) is 11.1 Å². The van der Waals surface area contributed by atoms with Gasteiger partial charge in [0.1, 0.15) is 0 Å². The molecule has 2 heterocycles. The molecule has 1 aliphatic rings. The number of carbonyl (C=O) groups excluding carboxylic acids is 2. The molecular weight excluding hydrogens is 512 g/mol. The second-order valence-electron chi connectivity index (χ2n) is 7.35. The van der Waals surface area contributed by atoms with E-state index in [1.165, 1.54) is 0 Å². The minimum absolute atomic E-state index is 0.0550. The van der Waals surface area contributed by atoms with Crippen LogP contribution in [-0.4, -0.2) is 39.0 Å². The molecule has 7 heteroatoms. The van der Waals surface area contributed by atoms with Crippen LogP contribution in [0.1, 0.15) is 20.7 Å². The molecule has 4 aromatic rings. The van der Waals surface area contributed by atoms with Crippen LogP contribution in [0.3, 0.4) is 0 Å². The average Bonchev–Trinajstić information content (AvgIpc) is 3.15. The number of nitrogens with zero attached hydrogens (tertiary/aromatic N) is 2. The molecule has 5 rings (SSSR count). The van der Waals surface area contributed by atoms with Crippen molar-refractivity contribution in [2.45, 2.75) is 12.6 Å². The Hall–Kier alpha value is -2.48. The van der Waals surface area contributed by atoms with Gasteiger partial charge in [-0.3, -0.25) is 14.5 Å². The molecule has 3 aromatic carbocycles. The van der Waals surface area contributed by atoms with Crippen LogP contribution in [-0.2, 0) is 6.54 Å². The molecule has 0 radical (unpaired) electrons. The lowest BCUT2D eigenvalue weighted by atomic mass is 10.1. The molecule has 0 saturated carbocycles. The van der Waals surface area contributed by atoms with E-state index in [-0.39, 0.29) is 24.9 Å². The third kappa shape index (κ3) is 3.09. The number of β-amino-alcohol motifs (C(OH)–C–C–N with tert-alkyl or cyclic N) is 1. The summed E-state index contributed by atoms with van der Waals surface area (Å²) in [6.45, 7) is 0.206. The van der Waals surface area contributed by atoms with Gasteiger partial charge in [-0.25, -0.2) is 0 Å². The number of benzene rings is 3. The fourth-order valence-electron chi connectivity index (χ4n) is 4.13. The Bertz CT molecular complexity index is 1250. The predicted molar refractivity (Wildman–Crippen MR) is 123 cm³/mol. The van der Waals surface area contributed by atoms with Crippen molar-refractivity contribution >= 4 is 65.5 Å². The van der Waals surface area contributed by atoms with E-state index < -0.39 is 6.10 Å². The molecule has 0 aliphatic carbocycles. The summed E-state index contributed by atoms with van der Waals surface area (Å²) in [5, 5.41) is 13.0. The molecule has 1 atom stereocenters. The SMILES string of the molecule is O=C1c2ccccc2C(=O)N1C[C@H](O)Cn1c2ccc(Br)cc2c2cc(Br)ccc21. The number of hydrogen-bond acceptors (Lipinski definition) is 3. The molecule has 1 N–H and O–H groups in total. The van der Waals surface area contributed by atoms with Crippen LogP contribution in [0, 0.1) is 0 Å². The minimum atomic E-state index is -0.904. The van der Waals surface area contributed by atoms with Crippen LogP contribution in [0.2, 0.25) is 0 Å². The Kier molecular flexibility index (Phi) is 4.76. The van der Waals surface area contributed by atoms with Crippen LogP contribution < -0.4 is 0 Å². The van der Waals surface area contributed by atoms with Crippen LogP contribution in [0.5, 0.6) is 0 Å². The summed E-state index contributed by atoms with van der Waals surface area (Å²) in [7, 11) is 0. The van der Waals surface area contributed by atoms with E-state index >= 15 is 0 Å². The standard InChI is InChI=1S/C23H16Br2N2O3/c24-13-5-7-20-18(9-13)19-10-14(25)6-8-21(19)26(20)11-15(28)12-27-22(29)16-3-1-2-4-17(16)23(27)30/h1-10,15,28H,11-12H2/t15-/m1/s1. The first-order chi connectivity index (χ1) is 14.4.